The zero-order valence-electron chi connectivity index (χ0n) is 14.5. The molecule has 2 aromatic heterocycles. The van der Waals surface area contributed by atoms with E-state index >= 15 is 0 Å². The van der Waals surface area contributed by atoms with E-state index in [1.54, 1.807) is 24.5 Å². The highest BCUT2D eigenvalue weighted by Crippen LogP contribution is 2.20. The Kier molecular flexibility index (Phi) is 5.30. The summed E-state index contributed by atoms with van der Waals surface area (Å²) in [4.78, 5) is 26.3. The van der Waals surface area contributed by atoms with Crippen molar-refractivity contribution >= 4 is 17.2 Å². The Morgan fingerprint density at radius 3 is 2.92 bits per heavy atom. The molecule has 1 aliphatic heterocycles. The Morgan fingerprint density at radius 2 is 2.29 bits per heavy atom. The van der Waals surface area contributed by atoms with Crippen molar-refractivity contribution in [3.63, 3.8) is 0 Å². The average Bonchev–Trinajstić information content (AvgIpc) is 3.24. The van der Waals surface area contributed by atoms with Crippen LogP contribution < -0.4 is 0 Å². The van der Waals surface area contributed by atoms with Crippen molar-refractivity contribution < 1.29 is 9.21 Å². The van der Waals surface area contributed by atoms with Crippen molar-refractivity contribution in [3.05, 3.63) is 33.9 Å². The molecule has 1 aliphatic rings. The van der Waals surface area contributed by atoms with Crippen LogP contribution in [0, 0.1) is 13.8 Å². The number of nitrogens with zero attached hydrogens (tertiary/aromatic N) is 4. The molecule has 24 heavy (non-hydrogen) atoms. The minimum atomic E-state index is 0.0796. The number of oxazole rings is 1. The van der Waals surface area contributed by atoms with E-state index in [1.165, 1.54) is 4.88 Å². The van der Waals surface area contributed by atoms with Gasteiger partial charge < -0.3 is 14.2 Å². The summed E-state index contributed by atoms with van der Waals surface area (Å²) < 4.78 is 5.54. The third kappa shape index (κ3) is 4.02. The van der Waals surface area contributed by atoms with Gasteiger partial charge in [-0.05, 0) is 26.7 Å². The van der Waals surface area contributed by atoms with Crippen molar-refractivity contribution in [1.82, 2.24) is 19.8 Å². The molecule has 0 saturated carbocycles. The van der Waals surface area contributed by atoms with Crippen molar-refractivity contribution in [1.29, 1.82) is 0 Å². The van der Waals surface area contributed by atoms with Crippen LogP contribution in [0.5, 0.6) is 0 Å². The molecule has 0 N–H and O–H groups in total. The molecular weight excluding hydrogens is 324 g/mol. The third-order valence-corrected chi connectivity index (χ3v) is 5.56. The molecule has 1 atom stereocenters. The highest BCUT2D eigenvalue weighted by Gasteiger charge is 2.30. The lowest BCUT2D eigenvalue weighted by Crippen LogP contribution is -2.40. The number of rotatable bonds is 6. The standard InChI is InChI=1S/C17H24N4O2S/c1-12-8-18-17(23-12)10-21(14(3)22)15-4-6-20(9-15)7-5-16-13(2)19-11-24-16/h8,11,15H,4-7,9-10H2,1-3H3/t15-/m0/s1. The first-order valence-electron chi connectivity index (χ1n) is 8.32. The molecule has 0 aromatic carbocycles. The maximum atomic E-state index is 12.1. The largest absolute Gasteiger partial charge is 0.444 e. The van der Waals surface area contributed by atoms with Gasteiger partial charge in [0.05, 0.1) is 23.9 Å². The Morgan fingerprint density at radius 1 is 1.46 bits per heavy atom. The summed E-state index contributed by atoms with van der Waals surface area (Å²) in [5.74, 6) is 1.47. The van der Waals surface area contributed by atoms with E-state index in [-0.39, 0.29) is 11.9 Å². The van der Waals surface area contributed by atoms with Crippen LogP contribution in [0.25, 0.3) is 0 Å². The minimum absolute atomic E-state index is 0.0796. The fraction of sp³-hybridized carbons (Fsp3) is 0.588. The summed E-state index contributed by atoms with van der Waals surface area (Å²) >= 11 is 1.73. The fourth-order valence-corrected chi connectivity index (χ4v) is 3.98. The van der Waals surface area contributed by atoms with Gasteiger partial charge in [-0.1, -0.05) is 0 Å². The molecule has 1 fully saturated rings. The lowest BCUT2D eigenvalue weighted by atomic mass is 10.2. The summed E-state index contributed by atoms with van der Waals surface area (Å²) in [6, 6.07) is 0.234. The van der Waals surface area contributed by atoms with Gasteiger partial charge in [-0.2, -0.15) is 0 Å². The quantitative estimate of drug-likeness (QED) is 0.802. The first-order chi connectivity index (χ1) is 11.5. The van der Waals surface area contributed by atoms with Crippen LogP contribution in [-0.2, 0) is 17.8 Å². The van der Waals surface area contributed by atoms with Crippen LogP contribution >= 0.6 is 11.3 Å². The van der Waals surface area contributed by atoms with Crippen molar-refractivity contribution in [2.75, 3.05) is 19.6 Å². The number of aromatic nitrogens is 2. The predicted molar refractivity (Wildman–Crippen MR) is 92.9 cm³/mol. The first-order valence-corrected chi connectivity index (χ1v) is 9.20. The van der Waals surface area contributed by atoms with Gasteiger partial charge in [0.25, 0.3) is 0 Å². The minimum Gasteiger partial charge on any atom is -0.444 e. The number of hydrogen-bond donors (Lipinski definition) is 0. The number of hydrogen-bond acceptors (Lipinski definition) is 6. The predicted octanol–water partition coefficient (Wildman–Crippen LogP) is 2.41. The van der Waals surface area contributed by atoms with Gasteiger partial charge in [-0.3, -0.25) is 4.79 Å². The zero-order valence-corrected chi connectivity index (χ0v) is 15.3. The smallest absolute Gasteiger partial charge is 0.220 e. The first kappa shape index (κ1) is 17.1. The molecule has 3 rings (SSSR count). The Labute approximate surface area is 146 Å². The zero-order chi connectivity index (χ0) is 17.1. The van der Waals surface area contributed by atoms with E-state index in [0.717, 1.165) is 43.9 Å². The Balaban J connectivity index is 1.55. The van der Waals surface area contributed by atoms with Crippen LogP contribution in [0.2, 0.25) is 0 Å². The van der Waals surface area contributed by atoms with E-state index < -0.39 is 0 Å². The second kappa shape index (κ2) is 7.44. The van der Waals surface area contributed by atoms with Crippen LogP contribution in [-0.4, -0.2) is 51.4 Å². The molecule has 2 aromatic rings. The summed E-state index contributed by atoms with van der Waals surface area (Å²) in [5, 5.41) is 0. The maximum absolute atomic E-state index is 12.1. The monoisotopic (exact) mass is 348 g/mol. The molecule has 0 bridgehead atoms. The van der Waals surface area contributed by atoms with Gasteiger partial charge in [-0.15, -0.1) is 11.3 Å². The van der Waals surface area contributed by atoms with Crippen molar-refractivity contribution in [2.45, 2.75) is 46.2 Å². The average molecular weight is 348 g/mol. The number of thiazole rings is 1. The highest BCUT2D eigenvalue weighted by atomic mass is 32.1. The summed E-state index contributed by atoms with van der Waals surface area (Å²) in [5.41, 5.74) is 3.05. The Bertz CT molecular complexity index is 696. The molecular formula is C17H24N4O2S. The van der Waals surface area contributed by atoms with E-state index in [2.05, 4.69) is 21.8 Å². The number of likely N-dealkylation sites (tertiary alicyclic amines) is 1. The lowest BCUT2D eigenvalue weighted by Gasteiger charge is -2.27. The van der Waals surface area contributed by atoms with E-state index in [1.807, 2.05) is 17.3 Å². The summed E-state index contributed by atoms with van der Waals surface area (Å²) in [7, 11) is 0. The molecule has 130 valence electrons. The van der Waals surface area contributed by atoms with Gasteiger partial charge in [0, 0.05) is 37.5 Å². The summed E-state index contributed by atoms with van der Waals surface area (Å²) in [6.45, 7) is 8.97. The van der Waals surface area contributed by atoms with Crippen LogP contribution in [0.15, 0.2) is 16.1 Å². The van der Waals surface area contributed by atoms with Crippen molar-refractivity contribution in [3.8, 4) is 0 Å². The molecule has 1 amide bonds. The molecule has 1 saturated heterocycles. The van der Waals surface area contributed by atoms with Gasteiger partial charge in [-0.25, -0.2) is 9.97 Å². The lowest BCUT2D eigenvalue weighted by molar-refractivity contribution is -0.132. The normalized spacial score (nSPS) is 18.2. The van der Waals surface area contributed by atoms with Crippen molar-refractivity contribution in [2.24, 2.45) is 0 Å². The fourth-order valence-electron chi connectivity index (χ4n) is 3.21. The van der Waals surface area contributed by atoms with E-state index in [0.29, 0.717) is 12.4 Å². The molecule has 0 radical (unpaired) electrons. The van der Waals surface area contributed by atoms with Gasteiger partial charge in [0.1, 0.15) is 5.76 Å². The topological polar surface area (TPSA) is 62.5 Å². The summed E-state index contributed by atoms with van der Waals surface area (Å²) in [6.07, 6.45) is 3.73. The number of amides is 1. The second-order valence-electron chi connectivity index (χ2n) is 6.37. The third-order valence-electron chi connectivity index (χ3n) is 4.57. The van der Waals surface area contributed by atoms with Gasteiger partial charge in [0.15, 0.2) is 0 Å². The second-order valence-corrected chi connectivity index (χ2v) is 7.30. The van der Waals surface area contributed by atoms with Gasteiger partial charge >= 0.3 is 0 Å². The molecule has 3 heterocycles. The highest BCUT2D eigenvalue weighted by molar-refractivity contribution is 7.09. The number of aryl methyl sites for hydroxylation is 2. The molecule has 0 unspecified atom stereocenters. The molecule has 6 nitrogen and oxygen atoms in total. The molecule has 0 spiro atoms. The van der Waals surface area contributed by atoms with Crippen LogP contribution in [0.4, 0.5) is 0 Å². The molecule has 7 heteroatoms. The number of carbonyl (C=O) groups is 1. The SMILES string of the molecule is CC(=O)N(Cc1ncc(C)o1)[C@H]1CCN(CCc2scnc2C)C1. The van der Waals surface area contributed by atoms with E-state index in [4.69, 9.17) is 4.42 Å². The molecule has 0 aliphatic carbocycles. The number of carbonyl (C=O) groups excluding carboxylic acids is 1. The Hall–Kier alpha value is -1.73. The van der Waals surface area contributed by atoms with Crippen LogP contribution in [0.1, 0.15) is 35.6 Å². The van der Waals surface area contributed by atoms with E-state index in [9.17, 15) is 4.79 Å². The maximum Gasteiger partial charge on any atom is 0.220 e. The van der Waals surface area contributed by atoms with Gasteiger partial charge in [0.2, 0.25) is 11.8 Å². The van der Waals surface area contributed by atoms with Crippen LogP contribution in [0.3, 0.4) is 0 Å².